The molecule has 104 valence electrons. The van der Waals surface area contributed by atoms with Crippen LogP contribution in [-0.2, 0) is 9.53 Å². The number of hydrogen-bond acceptors (Lipinski definition) is 5. The first-order valence-corrected chi connectivity index (χ1v) is 5.86. The molecule has 0 bridgehead atoms. The van der Waals surface area contributed by atoms with E-state index >= 15 is 0 Å². The molecule has 0 aliphatic heterocycles. The molecule has 19 heavy (non-hydrogen) atoms. The number of ether oxygens (including phenoxy) is 1. The molecule has 0 aromatic heterocycles. The summed E-state index contributed by atoms with van der Waals surface area (Å²) in [5.41, 5.74) is 6.94. The topological polar surface area (TPSA) is 84.7 Å². The number of rotatable bonds is 5. The van der Waals surface area contributed by atoms with E-state index in [9.17, 15) is 9.59 Å². The molecule has 0 unspecified atom stereocenters. The average Bonchev–Trinajstić information content (AvgIpc) is 2.38. The van der Waals surface area contributed by atoms with E-state index in [1.54, 1.807) is 12.1 Å². The van der Waals surface area contributed by atoms with Crippen molar-refractivity contribution >= 4 is 23.3 Å². The maximum Gasteiger partial charge on any atom is 0.337 e. The van der Waals surface area contributed by atoms with Crippen LogP contribution >= 0.6 is 0 Å². The lowest BCUT2D eigenvalue weighted by Crippen LogP contribution is -2.21. The molecule has 6 heteroatoms. The molecule has 0 fully saturated rings. The van der Waals surface area contributed by atoms with E-state index in [1.807, 2.05) is 19.0 Å². The van der Waals surface area contributed by atoms with Crippen molar-refractivity contribution in [2.75, 3.05) is 38.8 Å². The van der Waals surface area contributed by atoms with E-state index in [0.717, 1.165) is 0 Å². The van der Waals surface area contributed by atoms with Crippen LogP contribution in [0.25, 0.3) is 0 Å². The van der Waals surface area contributed by atoms with E-state index in [4.69, 9.17) is 5.73 Å². The van der Waals surface area contributed by atoms with E-state index in [1.165, 1.54) is 13.2 Å². The number of hydrogen-bond donors (Lipinski definition) is 2. The third-order valence-electron chi connectivity index (χ3n) is 2.53. The average molecular weight is 265 g/mol. The van der Waals surface area contributed by atoms with E-state index in [0.29, 0.717) is 29.9 Å². The second-order valence-electron chi connectivity index (χ2n) is 4.40. The Morgan fingerprint density at radius 3 is 2.63 bits per heavy atom. The number of amides is 1. The quantitative estimate of drug-likeness (QED) is 0.611. The third kappa shape index (κ3) is 4.59. The van der Waals surface area contributed by atoms with Gasteiger partial charge in [0.25, 0.3) is 0 Å². The fraction of sp³-hybridized carbons (Fsp3) is 0.385. The standard InChI is InChI=1S/C13H19N3O3/c1-16(2)7-6-12(17)15-11-8-9(13(18)19-3)4-5-10(11)14/h4-5,8H,6-7,14H2,1-3H3,(H,15,17). The Hall–Kier alpha value is -2.08. The molecule has 0 aliphatic carbocycles. The van der Waals surface area contributed by atoms with Gasteiger partial charge in [0.05, 0.1) is 24.0 Å². The van der Waals surface area contributed by atoms with Crippen molar-refractivity contribution < 1.29 is 14.3 Å². The maximum absolute atomic E-state index is 11.7. The van der Waals surface area contributed by atoms with Crippen LogP contribution < -0.4 is 11.1 Å². The number of anilines is 2. The van der Waals surface area contributed by atoms with Crippen molar-refractivity contribution in [2.45, 2.75) is 6.42 Å². The molecule has 0 aliphatic rings. The second kappa shape index (κ2) is 6.75. The minimum Gasteiger partial charge on any atom is -0.465 e. The first-order valence-electron chi connectivity index (χ1n) is 5.86. The lowest BCUT2D eigenvalue weighted by molar-refractivity contribution is -0.116. The normalized spacial score (nSPS) is 10.3. The number of benzene rings is 1. The summed E-state index contributed by atoms with van der Waals surface area (Å²) in [7, 11) is 5.08. The number of nitrogen functional groups attached to an aromatic ring is 1. The van der Waals surface area contributed by atoms with Gasteiger partial charge >= 0.3 is 5.97 Å². The van der Waals surface area contributed by atoms with Crippen molar-refractivity contribution in [1.82, 2.24) is 4.90 Å². The zero-order chi connectivity index (χ0) is 14.4. The van der Waals surface area contributed by atoms with Gasteiger partial charge in [-0.15, -0.1) is 0 Å². The van der Waals surface area contributed by atoms with Crippen LogP contribution in [0.4, 0.5) is 11.4 Å². The van der Waals surface area contributed by atoms with Gasteiger partial charge in [0.1, 0.15) is 0 Å². The number of carbonyl (C=O) groups excluding carboxylic acids is 2. The number of methoxy groups -OCH3 is 1. The fourth-order valence-corrected chi connectivity index (χ4v) is 1.45. The van der Waals surface area contributed by atoms with Crippen LogP contribution in [0.1, 0.15) is 16.8 Å². The maximum atomic E-state index is 11.7. The molecule has 0 saturated carbocycles. The van der Waals surface area contributed by atoms with Crippen LogP contribution in [-0.4, -0.2) is 44.5 Å². The number of nitrogens with two attached hydrogens (primary N) is 1. The number of nitrogens with zero attached hydrogens (tertiary/aromatic N) is 1. The van der Waals surface area contributed by atoms with Gasteiger partial charge in [-0.3, -0.25) is 4.79 Å². The summed E-state index contributed by atoms with van der Waals surface area (Å²) in [6.45, 7) is 0.641. The summed E-state index contributed by atoms with van der Waals surface area (Å²) in [6.07, 6.45) is 0.356. The van der Waals surface area contributed by atoms with Crippen molar-refractivity contribution in [2.24, 2.45) is 0 Å². The van der Waals surface area contributed by atoms with E-state index in [2.05, 4.69) is 10.1 Å². The van der Waals surface area contributed by atoms with Gasteiger partial charge in [-0.25, -0.2) is 4.79 Å². The molecule has 1 aromatic rings. The minimum atomic E-state index is -0.469. The Bertz CT molecular complexity index is 472. The van der Waals surface area contributed by atoms with Crippen LogP contribution in [0.2, 0.25) is 0 Å². The number of carbonyl (C=O) groups is 2. The van der Waals surface area contributed by atoms with Gasteiger partial charge in [0, 0.05) is 13.0 Å². The Labute approximate surface area is 112 Å². The zero-order valence-electron chi connectivity index (χ0n) is 11.4. The summed E-state index contributed by atoms with van der Waals surface area (Å²) in [5.74, 6) is -0.619. The molecule has 0 saturated heterocycles. The molecule has 6 nitrogen and oxygen atoms in total. The Morgan fingerprint density at radius 2 is 2.05 bits per heavy atom. The highest BCUT2D eigenvalue weighted by Crippen LogP contribution is 2.20. The predicted molar refractivity (Wildman–Crippen MR) is 74.0 cm³/mol. The summed E-state index contributed by atoms with van der Waals surface area (Å²) in [4.78, 5) is 25.0. The van der Waals surface area contributed by atoms with Gasteiger partial charge < -0.3 is 20.7 Å². The molecular formula is C13H19N3O3. The van der Waals surface area contributed by atoms with E-state index < -0.39 is 5.97 Å². The van der Waals surface area contributed by atoms with Gasteiger partial charge in [-0.05, 0) is 32.3 Å². The number of esters is 1. The fourth-order valence-electron chi connectivity index (χ4n) is 1.45. The Kier molecular flexibility index (Phi) is 5.32. The Morgan fingerprint density at radius 1 is 1.37 bits per heavy atom. The minimum absolute atomic E-state index is 0.151. The molecule has 1 aromatic carbocycles. The van der Waals surface area contributed by atoms with Gasteiger partial charge in [-0.2, -0.15) is 0 Å². The van der Waals surface area contributed by atoms with Crippen molar-refractivity contribution in [1.29, 1.82) is 0 Å². The molecule has 1 amide bonds. The molecule has 1 rings (SSSR count). The lowest BCUT2D eigenvalue weighted by atomic mass is 10.1. The van der Waals surface area contributed by atoms with E-state index in [-0.39, 0.29) is 5.91 Å². The van der Waals surface area contributed by atoms with Crippen molar-refractivity contribution in [3.05, 3.63) is 23.8 Å². The molecule has 0 heterocycles. The lowest BCUT2D eigenvalue weighted by Gasteiger charge is -2.12. The summed E-state index contributed by atoms with van der Waals surface area (Å²) < 4.78 is 4.62. The van der Waals surface area contributed by atoms with Crippen molar-refractivity contribution in [3.63, 3.8) is 0 Å². The highest BCUT2D eigenvalue weighted by atomic mass is 16.5. The second-order valence-corrected chi connectivity index (χ2v) is 4.40. The highest BCUT2D eigenvalue weighted by Gasteiger charge is 2.10. The summed E-state index contributed by atoms with van der Waals surface area (Å²) >= 11 is 0. The van der Waals surface area contributed by atoms with Gasteiger partial charge in [0.15, 0.2) is 0 Å². The molecule has 3 N–H and O–H groups in total. The Balaban J connectivity index is 2.77. The molecule has 0 atom stereocenters. The van der Waals surface area contributed by atoms with Gasteiger partial charge in [0.2, 0.25) is 5.91 Å². The first-order chi connectivity index (χ1) is 8.93. The predicted octanol–water partition coefficient (Wildman–Crippen LogP) is 0.946. The third-order valence-corrected chi connectivity index (χ3v) is 2.53. The SMILES string of the molecule is COC(=O)c1ccc(N)c(NC(=O)CCN(C)C)c1. The largest absolute Gasteiger partial charge is 0.465 e. The smallest absolute Gasteiger partial charge is 0.337 e. The van der Waals surface area contributed by atoms with Crippen LogP contribution in [0, 0.1) is 0 Å². The highest BCUT2D eigenvalue weighted by molar-refractivity contribution is 5.97. The van der Waals surface area contributed by atoms with Crippen LogP contribution in [0.3, 0.4) is 0 Å². The summed E-state index contributed by atoms with van der Waals surface area (Å²) in [5, 5.41) is 2.69. The van der Waals surface area contributed by atoms with Crippen LogP contribution in [0.15, 0.2) is 18.2 Å². The monoisotopic (exact) mass is 265 g/mol. The van der Waals surface area contributed by atoms with Crippen molar-refractivity contribution in [3.8, 4) is 0 Å². The number of nitrogens with one attached hydrogen (secondary N) is 1. The molecular weight excluding hydrogens is 246 g/mol. The van der Waals surface area contributed by atoms with Gasteiger partial charge in [-0.1, -0.05) is 0 Å². The zero-order valence-corrected chi connectivity index (χ0v) is 11.4. The molecule has 0 spiro atoms. The molecule has 0 radical (unpaired) electrons. The first kappa shape index (κ1) is 15.0. The van der Waals surface area contributed by atoms with Crippen LogP contribution in [0.5, 0.6) is 0 Å². The summed E-state index contributed by atoms with van der Waals surface area (Å²) in [6, 6.07) is 4.62.